The molecule has 0 saturated carbocycles. The van der Waals surface area contributed by atoms with Crippen LogP contribution in [0.25, 0.3) is 11.4 Å². The number of nitrogens with zero attached hydrogens (tertiary/aromatic N) is 3. The van der Waals surface area contributed by atoms with Crippen molar-refractivity contribution >= 4 is 0 Å². The highest BCUT2D eigenvalue weighted by Crippen LogP contribution is 2.18. The summed E-state index contributed by atoms with van der Waals surface area (Å²) in [6.07, 6.45) is 0. The van der Waals surface area contributed by atoms with Crippen molar-refractivity contribution in [3.8, 4) is 11.4 Å². The maximum atomic E-state index is 3.98. The molecule has 0 spiro atoms. The molecule has 15 heavy (non-hydrogen) atoms. The summed E-state index contributed by atoms with van der Waals surface area (Å²) in [5.41, 5.74) is 2.20. The van der Waals surface area contributed by atoms with Crippen LogP contribution in [0.1, 0.15) is 12.5 Å². The van der Waals surface area contributed by atoms with E-state index in [-0.39, 0.29) is 0 Å². The van der Waals surface area contributed by atoms with Crippen molar-refractivity contribution in [2.45, 2.75) is 13.5 Å². The Balaban J connectivity index is 2.30. The Morgan fingerprint density at radius 2 is 2.20 bits per heavy atom. The van der Waals surface area contributed by atoms with Crippen LogP contribution in [0, 0.1) is 0 Å². The lowest BCUT2D eigenvalue weighted by atomic mass is 10.1. The van der Waals surface area contributed by atoms with E-state index in [1.54, 1.807) is 0 Å². The topological polar surface area (TPSA) is 66.5 Å². The number of rotatable bonds is 4. The van der Waals surface area contributed by atoms with E-state index in [2.05, 4.69) is 38.9 Å². The molecule has 0 saturated heterocycles. The first-order valence-electron chi connectivity index (χ1n) is 4.94. The van der Waals surface area contributed by atoms with Crippen LogP contribution >= 0.6 is 0 Å². The third kappa shape index (κ3) is 2.19. The van der Waals surface area contributed by atoms with Gasteiger partial charge in [0.15, 0.2) is 0 Å². The number of hydrogen-bond donors (Lipinski definition) is 2. The molecular weight excluding hydrogens is 190 g/mol. The zero-order valence-corrected chi connectivity index (χ0v) is 8.57. The average molecular weight is 203 g/mol. The molecule has 2 aromatic rings. The van der Waals surface area contributed by atoms with E-state index < -0.39 is 0 Å². The Labute approximate surface area is 87.9 Å². The van der Waals surface area contributed by atoms with E-state index in [1.165, 1.54) is 5.56 Å². The minimum Gasteiger partial charge on any atom is -0.313 e. The third-order valence-electron chi connectivity index (χ3n) is 2.17. The van der Waals surface area contributed by atoms with Crippen LogP contribution in [0.15, 0.2) is 24.3 Å². The zero-order valence-electron chi connectivity index (χ0n) is 8.57. The predicted octanol–water partition coefficient (Wildman–Crippen LogP) is 0.976. The van der Waals surface area contributed by atoms with Gasteiger partial charge in [-0.3, -0.25) is 0 Å². The van der Waals surface area contributed by atoms with E-state index in [9.17, 15) is 0 Å². The first-order chi connectivity index (χ1) is 7.42. The van der Waals surface area contributed by atoms with Gasteiger partial charge in [0.2, 0.25) is 5.82 Å². The van der Waals surface area contributed by atoms with Gasteiger partial charge in [0.1, 0.15) is 0 Å². The van der Waals surface area contributed by atoms with Crippen LogP contribution in [-0.2, 0) is 6.54 Å². The lowest BCUT2D eigenvalue weighted by Crippen LogP contribution is -2.12. The summed E-state index contributed by atoms with van der Waals surface area (Å²) in [7, 11) is 0. The van der Waals surface area contributed by atoms with Crippen molar-refractivity contribution in [2.75, 3.05) is 6.54 Å². The molecular formula is C10H13N5. The lowest BCUT2D eigenvalue weighted by molar-refractivity contribution is 0.727. The quantitative estimate of drug-likeness (QED) is 0.777. The van der Waals surface area contributed by atoms with E-state index in [1.807, 2.05) is 18.2 Å². The molecule has 0 aliphatic heterocycles. The number of hydrogen-bond acceptors (Lipinski definition) is 4. The summed E-state index contributed by atoms with van der Waals surface area (Å²) in [5, 5.41) is 17.3. The van der Waals surface area contributed by atoms with Crippen LogP contribution in [0.5, 0.6) is 0 Å². The summed E-state index contributed by atoms with van der Waals surface area (Å²) in [5.74, 6) is 0.642. The number of nitrogens with one attached hydrogen (secondary N) is 2. The van der Waals surface area contributed by atoms with Gasteiger partial charge in [-0.15, -0.1) is 10.2 Å². The van der Waals surface area contributed by atoms with Crippen LogP contribution < -0.4 is 5.32 Å². The van der Waals surface area contributed by atoms with Gasteiger partial charge in [-0.2, -0.15) is 5.21 Å². The summed E-state index contributed by atoms with van der Waals surface area (Å²) in [6.45, 7) is 3.85. The molecule has 5 heteroatoms. The summed E-state index contributed by atoms with van der Waals surface area (Å²) in [6, 6.07) is 8.04. The van der Waals surface area contributed by atoms with Crippen molar-refractivity contribution in [2.24, 2.45) is 0 Å². The fraction of sp³-hybridized carbons (Fsp3) is 0.300. The molecule has 1 aromatic heterocycles. The van der Waals surface area contributed by atoms with Crippen molar-refractivity contribution < 1.29 is 0 Å². The first-order valence-corrected chi connectivity index (χ1v) is 4.94. The summed E-state index contributed by atoms with van der Waals surface area (Å²) in [4.78, 5) is 0. The van der Waals surface area contributed by atoms with Gasteiger partial charge in [-0.05, 0) is 17.3 Å². The molecule has 0 atom stereocenters. The summed E-state index contributed by atoms with van der Waals surface area (Å²) >= 11 is 0. The van der Waals surface area contributed by atoms with Crippen LogP contribution in [0.2, 0.25) is 0 Å². The van der Waals surface area contributed by atoms with Crippen molar-refractivity contribution in [1.82, 2.24) is 25.9 Å². The highest BCUT2D eigenvalue weighted by Gasteiger charge is 2.07. The molecule has 0 unspecified atom stereocenters. The molecule has 0 aliphatic rings. The maximum Gasteiger partial charge on any atom is 0.204 e. The van der Waals surface area contributed by atoms with Crippen LogP contribution in [0.3, 0.4) is 0 Å². The molecule has 5 nitrogen and oxygen atoms in total. The maximum absolute atomic E-state index is 3.98. The van der Waals surface area contributed by atoms with Crippen molar-refractivity contribution in [1.29, 1.82) is 0 Å². The summed E-state index contributed by atoms with van der Waals surface area (Å²) < 4.78 is 0. The Kier molecular flexibility index (Phi) is 3.04. The molecule has 2 rings (SSSR count). The van der Waals surface area contributed by atoms with Gasteiger partial charge in [0.25, 0.3) is 0 Å². The Hall–Kier alpha value is -1.75. The molecule has 0 amide bonds. The second kappa shape index (κ2) is 4.65. The highest BCUT2D eigenvalue weighted by molar-refractivity contribution is 5.59. The first kappa shape index (κ1) is 9.79. The number of benzene rings is 1. The van der Waals surface area contributed by atoms with Crippen LogP contribution in [-0.4, -0.2) is 27.2 Å². The minimum atomic E-state index is 0.642. The van der Waals surface area contributed by atoms with Crippen molar-refractivity contribution in [3.05, 3.63) is 29.8 Å². The third-order valence-corrected chi connectivity index (χ3v) is 2.17. The number of tetrazole rings is 1. The van der Waals surface area contributed by atoms with Gasteiger partial charge in [0, 0.05) is 12.1 Å². The number of aromatic amines is 1. The molecule has 0 aliphatic carbocycles. The SMILES string of the molecule is CCNCc1ccccc1-c1nn[nH]n1. The highest BCUT2D eigenvalue weighted by atomic mass is 15.5. The van der Waals surface area contributed by atoms with Gasteiger partial charge in [-0.25, -0.2) is 0 Å². The molecule has 0 bridgehead atoms. The van der Waals surface area contributed by atoms with E-state index >= 15 is 0 Å². The molecule has 0 fully saturated rings. The monoisotopic (exact) mass is 203 g/mol. The van der Waals surface area contributed by atoms with E-state index in [4.69, 9.17) is 0 Å². The normalized spacial score (nSPS) is 10.5. The number of aromatic nitrogens is 4. The molecule has 0 radical (unpaired) electrons. The Morgan fingerprint density at radius 1 is 1.33 bits per heavy atom. The zero-order chi connectivity index (χ0) is 10.5. The van der Waals surface area contributed by atoms with E-state index in [0.29, 0.717) is 5.82 Å². The Morgan fingerprint density at radius 3 is 2.93 bits per heavy atom. The Bertz CT molecular complexity index is 410. The van der Waals surface area contributed by atoms with Gasteiger partial charge in [-0.1, -0.05) is 31.2 Å². The standard InChI is InChI=1S/C10H13N5/c1-2-11-7-8-5-3-4-6-9(8)10-12-14-15-13-10/h3-6,11H,2,7H2,1H3,(H,12,13,14,15). The van der Waals surface area contributed by atoms with Gasteiger partial charge < -0.3 is 5.32 Å². The molecule has 2 N–H and O–H groups in total. The fourth-order valence-electron chi connectivity index (χ4n) is 1.43. The van der Waals surface area contributed by atoms with Crippen molar-refractivity contribution in [3.63, 3.8) is 0 Å². The lowest BCUT2D eigenvalue weighted by Gasteiger charge is -2.05. The predicted molar refractivity (Wildman–Crippen MR) is 57.0 cm³/mol. The van der Waals surface area contributed by atoms with Gasteiger partial charge >= 0.3 is 0 Å². The molecule has 1 heterocycles. The number of H-pyrrole nitrogens is 1. The molecule has 78 valence electrons. The van der Waals surface area contributed by atoms with E-state index in [0.717, 1.165) is 18.7 Å². The second-order valence-corrected chi connectivity index (χ2v) is 3.17. The van der Waals surface area contributed by atoms with Crippen LogP contribution in [0.4, 0.5) is 0 Å². The smallest absolute Gasteiger partial charge is 0.204 e. The average Bonchev–Trinajstić information content (AvgIpc) is 2.80. The second-order valence-electron chi connectivity index (χ2n) is 3.17. The largest absolute Gasteiger partial charge is 0.313 e. The fourth-order valence-corrected chi connectivity index (χ4v) is 1.43. The molecule has 1 aromatic carbocycles. The minimum absolute atomic E-state index is 0.642. The van der Waals surface area contributed by atoms with Gasteiger partial charge in [0.05, 0.1) is 0 Å².